The zero-order chi connectivity index (χ0) is 12.1. The largest absolute Gasteiger partial charge is 0.392 e. The van der Waals surface area contributed by atoms with Crippen molar-refractivity contribution in [3.63, 3.8) is 0 Å². The van der Waals surface area contributed by atoms with E-state index in [0.717, 1.165) is 18.6 Å². The number of carbonyl (C=O) groups excluding carboxylic acids is 2. The average molecular weight is 245 g/mol. The number of rotatable bonds is 5. The van der Waals surface area contributed by atoms with Crippen molar-refractivity contribution in [2.24, 2.45) is 5.92 Å². The maximum atomic E-state index is 10.8. The Morgan fingerprint density at radius 1 is 1.69 bits per heavy atom. The van der Waals surface area contributed by atoms with E-state index >= 15 is 0 Å². The van der Waals surface area contributed by atoms with Crippen LogP contribution in [0.4, 0.5) is 0 Å². The van der Waals surface area contributed by atoms with Gasteiger partial charge in [0.25, 0.3) is 0 Å². The number of thioether (sulfide) groups is 1. The van der Waals surface area contributed by atoms with Gasteiger partial charge in [-0.25, -0.2) is 0 Å². The fourth-order valence-electron chi connectivity index (χ4n) is 1.97. The molecule has 0 aromatic carbocycles. The predicted octanol–water partition coefficient (Wildman–Crippen LogP) is 0.536. The summed E-state index contributed by atoms with van der Waals surface area (Å²) in [6.07, 6.45) is 1.06. The average Bonchev–Trinajstić information content (AvgIpc) is 2.55. The van der Waals surface area contributed by atoms with E-state index in [-0.39, 0.29) is 17.3 Å². The van der Waals surface area contributed by atoms with Crippen LogP contribution in [0.2, 0.25) is 0 Å². The zero-order valence-corrected chi connectivity index (χ0v) is 10.6. The van der Waals surface area contributed by atoms with Gasteiger partial charge in [-0.1, -0.05) is 18.7 Å². The summed E-state index contributed by atoms with van der Waals surface area (Å²) in [7, 11) is 0. The Bertz CT molecular complexity index is 260. The van der Waals surface area contributed by atoms with Crippen molar-refractivity contribution in [3.05, 3.63) is 0 Å². The molecule has 0 spiro atoms. The van der Waals surface area contributed by atoms with Crippen molar-refractivity contribution >= 4 is 23.2 Å². The van der Waals surface area contributed by atoms with E-state index in [1.807, 2.05) is 4.90 Å². The zero-order valence-electron chi connectivity index (χ0n) is 9.76. The number of β-amino-alcohol motifs (C(OH)–C–C–N with tert-alkyl or cyclic N) is 1. The number of likely N-dealkylation sites (tertiary alicyclic amines) is 1. The summed E-state index contributed by atoms with van der Waals surface area (Å²) < 4.78 is 0. The summed E-state index contributed by atoms with van der Waals surface area (Å²) in [4.78, 5) is 23.6. The van der Waals surface area contributed by atoms with E-state index in [2.05, 4.69) is 6.92 Å². The van der Waals surface area contributed by atoms with Crippen LogP contribution in [0, 0.1) is 5.92 Å². The standard InChI is InChI=1S/C11H19NO3S/c1-8(7-16-9(2)14)4-12-5-11(15)3-10(12)6-13/h6,8,10-11,15H,3-5,7H2,1-2H3. The van der Waals surface area contributed by atoms with Crippen LogP contribution >= 0.6 is 11.8 Å². The van der Waals surface area contributed by atoms with Crippen LogP contribution in [-0.2, 0) is 9.59 Å². The lowest BCUT2D eigenvalue weighted by molar-refractivity contribution is -0.112. The molecule has 1 heterocycles. The van der Waals surface area contributed by atoms with Crippen LogP contribution in [0.15, 0.2) is 0 Å². The molecular formula is C11H19NO3S. The van der Waals surface area contributed by atoms with Crippen molar-refractivity contribution in [1.29, 1.82) is 0 Å². The number of aliphatic hydroxyl groups excluding tert-OH is 1. The molecule has 4 nitrogen and oxygen atoms in total. The Morgan fingerprint density at radius 2 is 2.38 bits per heavy atom. The second-order valence-corrected chi connectivity index (χ2v) is 5.65. The molecular weight excluding hydrogens is 226 g/mol. The highest BCUT2D eigenvalue weighted by Gasteiger charge is 2.31. The normalized spacial score (nSPS) is 27.9. The van der Waals surface area contributed by atoms with E-state index in [4.69, 9.17) is 0 Å². The van der Waals surface area contributed by atoms with E-state index in [1.54, 1.807) is 6.92 Å². The highest BCUT2D eigenvalue weighted by molar-refractivity contribution is 8.13. The van der Waals surface area contributed by atoms with Gasteiger partial charge in [-0.2, -0.15) is 0 Å². The Kier molecular flexibility index (Phi) is 5.44. The van der Waals surface area contributed by atoms with Gasteiger partial charge in [0.1, 0.15) is 6.29 Å². The molecule has 0 radical (unpaired) electrons. The number of nitrogens with zero attached hydrogens (tertiary/aromatic N) is 1. The second-order valence-electron chi connectivity index (χ2n) is 4.45. The highest BCUT2D eigenvalue weighted by atomic mass is 32.2. The van der Waals surface area contributed by atoms with Crippen molar-refractivity contribution in [2.45, 2.75) is 32.4 Å². The number of hydrogen-bond donors (Lipinski definition) is 1. The monoisotopic (exact) mass is 245 g/mol. The van der Waals surface area contributed by atoms with Crippen molar-refractivity contribution in [2.75, 3.05) is 18.8 Å². The Hall–Kier alpha value is -0.390. The third-order valence-electron chi connectivity index (χ3n) is 2.70. The minimum absolute atomic E-state index is 0.125. The first-order valence-electron chi connectivity index (χ1n) is 5.53. The second kappa shape index (κ2) is 6.37. The molecule has 16 heavy (non-hydrogen) atoms. The molecule has 1 fully saturated rings. The van der Waals surface area contributed by atoms with Gasteiger partial charge in [-0.3, -0.25) is 9.69 Å². The number of carbonyl (C=O) groups is 2. The van der Waals surface area contributed by atoms with Gasteiger partial charge in [-0.05, 0) is 12.3 Å². The highest BCUT2D eigenvalue weighted by Crippen LogP contribution is 2.19. The third kappa shape index (κ3) is 4.23. The first kappa shape index (κ1) is 13.7. The Labute approximate surface area is 100 Å². The lowest BCUT2D eigenvalue weighted by atomic mass is 10.2. The molecule has 0 saturated carbocycles. The molecule has 3 unspecified atom stereocenters. The summed E-state index contributed by atoms with van der Waals surface area (Å²) in [6.45, 7) is 4.95. The van der Waals surface area contributed by atoms with E-state index in [9.17, 15) is 14.7 Å². The lowest BCUT2D eigenvalue weighted by Crippen LogP contribution is -2.35. The van der Waals surface area contributed by atoms with Crippen LogP contribution in [0.1, 0.15) is 20.3 Å². The minimum Gasteiger partial charge on any atom is -0.392 e. The summed E-state index contributed by atoms with van der Waals surface area (Å²) in [5.74, 6) is 1.12. The van der Waals surface area contributed by atoms with Gasteiger partial charge in [-0.15, -0.1) is 0 Å². The van der Waals surface area contributed by atoms with E-state index < -0.39 is 0 Å². The van der Waals surface area contributed by atoms with Crippen LogP contribution in [-0.4, -0.2) is 52.4 Å². The van der Waals surface area contributed by atoms with Gasteiger partial charge in [0.15, 0.2) is 5.12 Å². The van der Waals surface area contributed by atoms with Gasteiger partial charge < -0.3 is 9.90 Å². The van der Waals surface area contributed by atoms with Gasteiger partial charge in [0, 0.05) is 25.8 Å². The molecule has 0 bridgehead atoms. The Morgan fingerprint density at radius 3 is 2.94 bits per heavy atom. The molecule has 1 aliphatic rings. The molecule has 5 heteroatoms. The van der Waals surface area contributed by atoms with Crippen LogP contribution in [0.25, 0.3) is 0 Å². The quantitative estimate of drug-likeness (QED) is 0.716. The number of hydrogen-bond acceptors (Lipinski definition) is 5. The summed E-state index contributed by atoms with van der Waals surface area (Å²) in [5, 5.41) is 9.60. The number of aliphatic hydroxyl groups is 1. The van der Waals surface area contributed by atoms with Crippen molar-refractivity contribution < 1.29 is 14.7 Å². The molecule has 0 aromatic heterocycles. The molecule has 0 amide bonds. The molecule has 0 aromatic rings. The van der Waals surface area contributed by atoms with E-state index in [1.165, 1.54) is 11.8 Å². The Balaban J connectivity index is 2.34. The topological polar surface area (TPSA) is 57.6 Å². The van der Waals surface area contributed by atoms with Gasteiger partial charge in [0.05, 0.1) is 12.1 Å². The molecule has 1 rings (SSSR count). The van der Waals surface area contributed by atoms with Crippen molar-refractivity contribution in [1.82, 2.24) is 4.90 Å². The minimum atomic E-state index is -0.386. The van der Waals surface area contributed by atoms with Gasteiger partial charge >= 0.3 is 0 Å². The maximum absolute atomic E-state index is 10.8. The first-order chi connectivity index (χ1) is 7.52. The SMILES string of the molecule is CC(=O)SCC(C)CN1CC(O)CC1C=O. The third-order valence-corrected chi connectivity index (χ3v) is 3.84. The molecule has 1 N–H and O–H groups in total. The van der Waals surface area contributed by atoms with Crippen LogP contribution in [0.5, 0.6) is 0 Å². The summed E-state index contributed by atoms with van der Waals surface area (Å²) >= 11 is 1.32. The fraction of sp³-hybridized carbons (Fsp3) is 0.818. The maximum Gasteiger partial charge on any atom is 0.185 e. The summed E-state index contributed by atoms with van der Waals surface area (Å²) in [6, 6.07) is -0.153. The molecule has 1 saturated heterocycles. The van der Waals surface area contributed by atoms with Crippen LogP contribution < -0.4 is 0 Å². The van der Waals surface area contributed by atoms with E-state index in [0.29, 0.717) is 18.9 Å². The summed E-state index contributed by atoms with van der Waals surface area (Å²) in [5.41, 5.74) is 0. The first-order valence-corrected chi connectivity index (χ1v) is 6.52. The molecule has 92 valence electrons. The molecule has 3 atom stereocenters. The van der Waals surface area contributed by atoms with Crippen LogP contribution in [0.3, 0.4) is 0 Å². The predicted molar refractivity (Wildman–Crippen MR) is 64.4 cm³/mol. The van der Waals surface area contributed by atoms with Gasteiger partial charge in [0.2, 0.25) is 0 Å². The molecule has 1 aliphatic heterocycles. The lowest BCUT2D eigenvalue weighted by Gasteiger charge is -2.23. The smallest absolute Gasteiger partial charge is 0.185 e. The van der Waals surface area contributed by atoms with Crippen molar-refractivity contribution in [3.8, 4) is 0 Å². The fourth-order valence-corrected chi connectivity index (χ4v) is 2.60. The molecule has 0 aliphatic carbocycles. The number of aldehydes is 1.